The van der Waals surface area contributed by atoms with E-state index in [1.807, 2.05) is 6.07 Å². The van der Waals surface area contributed by atoms with Crippen molar-refractivity contribution in [3.63, 3.8) is 0 Å². The van der Waals surface area contributed by atoms with Crippen molar-refractivity contribution in [1.29, 1.82) is 0 Å². The Morgan fingerprint density at radius 3 is 2.24 bits per heavy atom. The Balaban J connectivity index is 2.73. The number of carbonyl (C=O) groups is 2. The zero-order valence-corrected chi connectivity index (χ0v) is 13.4. The summed E-state index contributed by atoms with van der Waals surface area (Å²) in [6.45, 7) is 9.85. The molecule has 1 aromatic rings. The van der Waals surface area contributed by atoms with Crippen LogP contribution in [0.5, 0.6) is 0 Å². The number of hydrogen-bond acceptors (Lipinski definition) is 3. The summed E-state index contributed by atoms with van der Waals surface area (Å²) in [6, 6.07) is 3.59. The largest absolute Gasteiger partial charge is 0.481 e. The van der Waals surface area contributed by atoms with Gasteiger partial charge in [0.1, 0.15) is 5.69 Å². The van der Waals surface area contributed by atoms with Crippen LogP contribution in [0.25, 0.3) is 0 Å². The molecule has 0 saturated carbocycles. The van der Waals surface area contributed by atoms with Crippen molar-refractivity contribution in [2.45, 2.75) is 58.4 Å². The molecule has 1 rings (SSSR count). The SMILES string of the molecule is CC(C)(CCC(=O)O)NC(=O)c1ccc(C(C)(C)C)cn1. The van der Waals surface area contributed by atoms with E-state index in [1.54, 1.807) is 26.1 Å². The quantitative estimate of drug-likeness (QED) is 0.874. The molecule has 0 spiro atoms. The number of amides is 1. The van der Waals surface area contributed by atoms with E-state index in [0.717, 1.165) is 5.56 Å². The molecule has 0 saturated heterocycles. The molecule has 0 aliphatic heterocycles. The van der Waals surface area contributed by atoms with Gasteiger partial charge in [0.05, 0.1) is 0 Å². The number of aromatic nitrogens is 1. The molecule has 1 amide bonds. The van der Waals surface area contributed by atoms with Crippen LogP contribution in [0.2, 0.25) is 0 Å². The summed E-state index contributed by atoms with van der Waals surface area (Å²) >= 11 is 0. The number of nitrogens with one attached hydrogen (secondary N) is 1. The third kappa shape index (κ3) is 5.53. The standard InChI is InChI=1S/C16H24N2O3/c1-15(2,3)11-6-7-12(17-10-11)14(21)18-16(4,5)9-8-13(19)20/h6-7,10H,8-9H2,1-5H3,(H,18,21)(H,19,20). The fourth-order valence-corrected chi connectivity index (χ4v) is 1.83. The number of rotatable bonds is 5. The molecule has 1 heterocycles. The first-order valence-corrected chi connectivity index (χ1v) is 7.02. The maximum Gasteiger partial charge on any atom is 0.303 e. The molecular formula is C16H24N2O3. The second-order valence-corrected chi connectivity index (χ2v) is 6.91. The monoisotopic (exact) mass is 292 g/mol. The van der Waals surface area contributed by atoms with Crippen LogP contribution in [-0.4, -0.2) is 27.5 Å². The van der Waals surface area contributed by atoms with Gasteiger partial charge in [-0.3, -0.25) is 14.6 Å². The van der Waals surface area contributed by atoms with Gasteiger partial charge in [-0.25, -0.2) is 0 Å². The van der Waals surface area contributed by atoms with Crippen LogP contribution in [0.3, 0.4) is 0 Å². The average molecular weight is 292 g/mol. The van der Waals surface area contributed by atoms with Crippen molar-refractivity contribution in [2.24, 2.45) is 0 Å². The first-order chi connectivity index (χ1) is 9.51. The molecule has 21 heavy (non-hydrogen) atoms. The summed E-state index contributed by atoms with van der Waals surface area (Å²) in [4.78, 5) is 26.9. The molecule has 0 unspecified atom stereocenters. The van der Waals surface area contributed by atoms with E-state index >= 15 is 0 Å². The van der Waals surface area contributed by atoms with Gasteiger partial charge in [-0.05, 0) is 37.3 Å². The van der Waals surface area contributed by atoms with E-state index in [2.05, 4.69) is 31.1 Å². The highest BCUT2D eigenvalue weighted by Gasteiger charge is 2.23. The van der Waals surface area contributed by atoms with Gasteiger partial charge in [0.25, 0.3) is 5.91 Å². The lowest BCUT2D eigenvalue weighted by atomic mass is 9.88. The van der Waals surface area contributed by atoms with E-state index < -0.39 is 11.5 Å². The molecule has 5 heteroatoms. The minimum atomic E-state index is -0.870. The predicted molar refractivity (Wildman–Crippen MR) is 81.4 cm³/mol. The average Bonchev–Trinajstić information content (AvgIpc) is 2.35. The zero-order chi connectivity index (χ0) is 16.3. The lowest BCUT2D eigenvalue weighted by Gasteiger charge is -2.25. The van der Waals surface area contributed by atoms with E-state index in [4.69, 9.17) is 5.11 Å². The second kappa shape index (κ2) is 6.24. The minimum absolute atomic E-state index is 0.0111. The lowest BCUT2D eigenvalue weighted by molar-refractivity contribution is -0.137. The van der Waals surface area contributed by atoms with Crippen LogP contribution in [0.4, 0.5) is 0 Å². The van der Waals surface area contributed by atoms with Crippen LogP contribution in [0, 0.1) is 0 Å². The number of carbonyl (C=O) groups excluding carboxylic acids is 1. The van der Waals surface area contributed by atoms with Crippen LogP contribution in [0.15, 0.2) is 18.3 Å². The van der Waals surface area contributed by atoms with Crippen molar-refractivity contribution in [1.82, 2.24) is 10.3 Å². The number of hydrogen-bond donors (Lipinski definition) is 2. The van der Waals surface area contributed by atoms with Gasteiger partial charge in [0.15, 0.2) is 0 Å². The van der Waals surface area contributed by atoms with Crippen LogP contribution >= 0.6 is 0 Å². The number of carboxylic acids is 1. The molecule has 2 N–H and O–H groups in total. The van der Waals surface area contributed by atoms with Crippen molar-refractivity contribution in [2.75, 3.05) is 0 Å². The lowest BCUT2D eigenvalue weighted by Crippen LogP contribution is -2.44. The van der Waals surface area contributed by atoms with Crippen molar-refractivity contribution < 1.29 is 14.7 Å². The molecule has 0 fully saturated rings. The molecule has 116 valence electrons. The third-order valence-corrected chi connectivity index (χ3v) is 3.28. The number of pyridine rings is 1. The number of aliphatic carboxylic acids is 1. The summed E-state index contributed by atoms with van der Waals surface area (Å²) in [5.41, 5.74) is 0.804. The van der Waals surface area contributed by atoms with Crippen LogP contribution in [0.1, 0.15) is 63.5 Å². The van der Waals surface area contributed by atoms with Gasteiger partial charge in [0, 0.05) is 18.2 Å². The summed E-state index contributed by atoms with van der Waals surface area (Å²) in [5, 5.41) is 11.5. The Morgan fingerprint density at radius 2 is 1.81 bits per heavy atom. The van der Waals surface area contributed by atoms with Crippen LogP contribution in [-0.2, 0) is 10.2 Å². The molecule has 0 radical (unpaired) electrons. The molecule has 0 aromatic carbocycles. The zero-order valence-electron chi connectivity index (χ0n) is 13.4. The van der Waals surface area contributed by atoms with E-state index in [-0.39, 0.29) is 17.7 Å². The van der Waals surface area contributed by atoms with E-state index in [1.165, 1.54) is 0 Å². The van der Waals surface area contributed by atoms with Gasteiger partial charge in [0.2, 0.25) is 0 Å². The molecule has 0 aliphatic carbocycles. The first-order valence-electron chi connectivity index (χ1n) is 7.02. The maximum atomic E-state index is 12.1. The van der Waals surface area contributed by atoms with Gasteiger partial charge < -0.3 is 10.4 Å². The highest BCUT2D eigenvalue weighted by atomic mass is 16.4. The topological polar surface area (TPSA) is 79.3 Å². The molecule has 0 aliphatic rings. The fraction of sp³-hybridized carbons (Fsp3) is 0.562. The molecule has 5 nitrogen and oxygen atoms in total. The van der Waals surface area contributed by atoms with Gasteiger partial charge >= 0.3 is 5.97 Å². The first kappa shape index (κ1) is 17.1. The van der Waals surface area contributed by atoms with Crippen molar-refractivity contribution in [3.05, 3.63) is 29.6 Å². The molecule has 0 atom stereocenters. The molecular weight excluding hydrogens is 268 g/mol. The smallest absolute Gasteiger partial charge is 0.303 e. The normalized spacial score (nSPS) is 12.0. The highest BCUT2D eigenvalue weighted by Crippen LogP contribution is 2.21. The Morgan fingerprint density at radius 1 is 1.19 bits per heavy atom. The van der Waals surface area contributed by atoms with Crippen molar-refractivity contribution >= 4 is 11.9 Å². The van der Waals surface area contributed by atoms with Crippen molar-refractivity contribution in [3.8, 4) is 0 Å². The highest BCUT2D eigenvalue weighted by molar-refractivity contribution is 5.92. The minimum Gasteiger partial charge on any atom is -0.481 e. The summed E-state index contributed by atoms with van der Waals surface area (Å²) in [7, 11) is 0. The number of nitrogens with zero attached hydrogens (tertiary/aromatic N) is 1. The second-order valence-electron chi connectivity index (χ2n) is 6.91. The fourth-order valence-electron chi connectivity index (χ4n) is 1.83. The Hall–Kier alpha value is -1.91. The van der Waals surface area contributed by atoms with E-state index in [9.17, 15) is 9.59 Å². The third-order valence-electron chi connectivity index (χ3n) is 3.28. The Kier molecular flexibility index (Phi) is 5.10. The summed E-state index contributed by atoms with van der Waals surface area (Å²) in [6.07, 6.45) is 2.09. The van der Waals surface area contributed by atoms with Crippen LogP contribution < -0.4 is 5.32 Å². The van der Waals surface area contributed by atoms with Gasteiger partial charge in [-0.1, -0.05) is 26.8 Å². The molecule has 1 aromatic heterocycles. The maximum absolute atomic E-state index is 12.1. The Bertz CT molecular complexity index is 513. The summed E-state index contributed by atoms with van der Waals surface area (Å²) < 4.78 is 0. The number of carboxylic acid groups (broad SMARTS) is 1. The van der Waals surface area contributed by atoms with Gasteiger partial charge in [-0.2, -0.15) is 0 Å². The summed E-state index contributed by atoms with van der Waals surface area (Å²) in [5.74, 6) is -1.16. The Labute approximate surface area is 125 Å². The predicted octanol–water partition coefficient (Wildman–Crippen LogP) is 2.75. The van der Waals surface area contributed by atoms with E-state index in [0.29, 0.717) is 12.1 Å². The molecule has 0 bridgehead atoms. The van der Waals surface area contributed by atoms with Gasteiger partial charge in [-0.15, -0.1) is 0 Å².